The number of fused-ring (bicyclic) bond motifs is 1. The lowest BCUT2D eigenvalue weighted by atomic mass is 10.2. The van der Waals surface area contributed by atoms with Crippen LogP contribution in [0.1, 0.15) is 21.9 Å². The zero-order chi connectivity index (χ0) is 21.4. The van der Waals surface area contributed by atoms with Gasteiger partial charge in [-0.05, 0) is 26.0 Å². The fraction of sp³-hybridized carbons (Fsp3) is 0.273. The summed E-state index contributed by atoms with van der Waals surface area (Å²) in [6.45, 7) is 6.55. The maximum Gasteiger partial charge on any atom is 0.274 e. The normalized spacial score (nSPS) is 14.3. The van der Waals surface area contributed by atoms with Gasteiger partial charge < -0.3 is 9.80 Å². The molecular weight excluding hydrogens is 392 g/mol. The number of carbonyl (C=O) groups excluding carboxylic acids is 1. The first-order valence-corrected chi connectivity index (χ1v) is 10.2. The zero-order valence-corrected chi connectivity index (χ0v) is 17.4. The number of anilines is 1. The van der Waals surface area contributed by atoms with Gasteiger partial charge in [-0.3, -0.25) is 14.3 Å². The van der Waals surface area contributed by atoms with Crippen molar-refractivity contribution in [2.24, 2.45) is 0 Å². The first-order valence-electron chi connectivity index (χ1n) is 10.2. The molecule has 0 atom stereocenters. The van der Waals surface area contributed by atoms with Crippen molar-refractivity contribution < 1.29 is 4.79 Å². The van der Waals surface area contributed by atoms with Crippen LogP contribution in [0.4, 0.5) is 5.82 Å². The highest BCUT2D eigenvalue weighted by molar-refractivity contribution is 5.94. The van der Waals surface area contributed by atoms with Crippen LogP contribution in [0, 0.1) is 13.8 Å². The van der Waals surface area contributed by atoms with Gasteiger partial charge in [0.05, 0.1) is 22.9 Å². The Morgan fingerprint density at radius 3 is 2.39 bits per heavy atom. The second-order valence-corrected chi connectivity index (χ2v) is 7.54. The maximum atomic E-state index is 12.9. The van der Waals surface area contributed by atoms with Gasteiger partial charge in [0.2, 0.25) is 0 Å². The van der Waals surface area contributed by atoms with E-state index in [0.29, 0.717) is 31.9 Å². The summed E-state index contributed by atoms with van der Waals surface area (Å²) in [5.74, 6) is 1.53. The molecule has 1 saturated heterocycles. The molecule has 156 valence electrons. The van der Waals surface area contributed by atoms with Crippen molar-refractivity contribution in [1.82, 2.24) is 34.4 Å². The number of hydrogen-bond donors (Lipinski definition) is 0. The molecule has 4 heterocycles. The van der Waals surface area contributed by atoms with Crippen molar-refractivity contribution in [2.45, 2.75) is 13.8 Å². The Balaban J connectivity index is 1.29. The van der Waals surface area contributed by atoms with Crippen LogP contribution in [0.25, 0.3) is 16.9 Å². The Labute approximate surface area is 179 Å². The molecule has 0 aliphatic carbocycles. The summed E-state index contributed by atoms with van der Waals surface area (Å²) in [4.78, 5) is 38.9. The Hall–Kier alpha value is -3.88. The molecule has 4 aromatic rings. The van der Waals surface area contributed by atoms with Crippen LogP contribution < -0.4 is 4.90 Å². The second kappa shape index (κ2) is 7.75. The quantitative estimate of drug-likeness (QED) is 0.507. The SMILES string of the molecule is Cc1ncn(-c2cc(N3CCN(C(=O)c4cnc5ccccc5n4)CC3)ncn2)c1C. The molecule has 0 bridgehead atoms. The van der Waals surface area contributed by atoms with Gasteiger partial charge >= 0.3 is 0 Å². The molecule has 0 saturated carbocycles. The number of piperazine rings is 1. The lowest BCUT2D eigenvalue weighted by molar-refractivity contribution is 0.0740. The fourth-order valence-corrected chi connectivity index (χ4v) is 3.73. The van der Waals surface area contributed by atoms with Crippen molar-refractivity contribution in [3.63, 3.8) is 0 Å². The van der Waals surface area contributed by atoms with E-state index in [4.69, 9.17) is 0 Å². The topological polar surface area (TPSA) is 92.9 Å². The number of aromatic nitrogens is 6. The number of amides is 1. The van der Waals surface area contributed by atoms with Crippen LogP contribution in [0.15, 0.2) is 49.2 Å². The number of carbonyl (C=O) groups is 1. The third kappa shape index (κ3) is 3.58. The van der Waals surface area contributed by atoms with Crippen molar-refractivity contribution in [2.75, 3.05) is 31.1 Å². The molecule has 9 heteroatoms. The molecule has 5 rings (SSSR count). The smallest absolute Gasteiger partial charge is 0.274 e. The zero-order valence-electron chi connectivity index (χ0n) is 17.4. The molecule has 0 unspecified atom stereocenters. The van der Waals surface area contributed by atoms with Gasteiger partial charge in [-0.15, -0.1) is 0 Å². The molecule has 1 amide bonds. The predicted octanol–water partition coefficient (Wildman–Crippen LogP) is 2.18. The number of hydrogen-bond acceptors (Lipinski definition) is 7. The number of para-hydroxylation sites is 2. The van der Waals surface area contributed by atoms with E-state index >= 15 is 0 Å². The lowest BCUT2D eigenvalue weighted by Gasteiger charge is -2.35. The van der Waals surface area contributed by atoms with Gasteiger partial charge in [0.25, 0.3) is 5.91 Å². The van der Waals surface area contributed by atoms with E-state index in [1.807, 2.05) is 53.6 Å². The van der Waals surface area contributed by atoms with Crippen LogP contribution >= 0.6 is 0 Å². The van der Waals surface area contributed by atoms with Crippen molar-refractivity contribution in [3.8, 4) is 5.82 Å². The van der Waals surface area contributed by atoms with Crippen LogP contribution in [0.2, 0.25) is 0 Å². The Morgan fingerprint density at radius 2 is 1.65 bits per heavy atom. The fourth-order valence-electron chi connectivity index (χ4n) is 3.73. The minimum absolute atomic E-state index is 0.0919. The van der Waals surface area contributed by atoms with E-state index in [1.54, 1.807) is 18.9 Å². The van der Waals surface area contributed by atoms with Crippen molar-refractivity contribution >= 4 is 22.8 Å². The van der Waals surface area contributed by atoms with Crippen LogP contribution in [0.3, 0.4) is 0 Å². The van der Waals surface area contributed by atoms with Crippen molar-refractivity contribution in [3.05, 3.63) is 66.3 Å². The van der Waals surface area contributed by atoms with E-state index in [-0.39, 0.29) is 5.91 Å². The van der Waals surface area contributed by atoms with Crippen LogP contribution in [-0.2, 0) is 0 Å². The molecular formula is C22H22N8O. The average molecular weight is 414 g/mol. The van der Waals surface area contributed by atoms with Gasteiger partial charge in [-0.25, -0.2) is 19.9 Å². The van der Waals surface area contributed by atoms with E-state index in [9.17, 15) is 4.79 Å². The van der Waals surface area contributed by atoms with Crippen LogP contribution in [-0.4, -0.2) is 66.5 Å². The van der Waals surface area contributed by atoms with Gasteiger partial charge in [0, 0.05) is 37.9 Å². The highest BCUT2D eigenvalue weighted by atomic mass is 16.2. The number of benzene rings is 1. The summed E-state index contributed by atoms with van der Waals surface area (Å²) >= 11 is 0. The maximum absolute atomic E-state index is 12.9. The largest absolute Gasteiger partial charge is 0.353 e. The third-order valence-corrected chi connectivity index (χ3v) is 5.70. The van der Waals surface area contributed by atoms with E-state index in [1.165, 1.54) is 0 Å². The summed E-state index contributed by atoms with van der Waals surface area (Å²) in [5.41, 5.74) is 3.92. The third-order valence-electron chi connectivity index (χ3n) is 5.70. The standard InChI is InChI=1S/C22H22N8O/c1-15-16(2)30(14-26-15)21-11-20(24-13-25-21)28-7-9-29(10-8-28)22(31)19-12-23-17-5-3-4-6-18(17)27-19/h3-6,11-14H,7-10H2,1-2H3. The molecule has 1 fully saturated rings. The predicted molar refractivity (Wildman–Crippen MR) is 116 cm³/mol. The van der Waals surface area contributed by atoms with Gasteiger partial charge in [0.15, 0.2) is 0 Å². The summed E-state index contributed by atoms with van der Waals surface area (Å²) in [6, 6.07) is 9.52. The molecule has 1 aliphatic rings. The number of rotatable bonds is 3. The van der Waals surface area contributed by atoms with Gasteiger partial charge in [-0.1, -0.05) is 12.1 Å². The molecule has 1 aromatic carbocycles. The summed E-state index contributed by atoms with van der Waals surface area (Å²) in [6.07, 6.45) is 4.91. The number of imidazole rings is 1. The minimum Gasteiger partial charge on any atom is -0.353 e. The number of aryl methyl sites for hydroxylation is 1. The first-order chi connectivity index (χ1) is 15.1. The lowest BCUT2D eigenvalue weighted by Crippen LogP contribution is -2.49. The molecule has 0 N–H and O–H groups in total. The molecule has 0 radical (unpaired) electrons. The Kier molecular flexibility index (Phi) is 4.78. The van der Waals surface area contributed by atoms with Gasteiger partial charge in [0.1, 0.15) is 30.0 Å². The van der Waals surface area contributed by atoms with E-state index in [2.05, 4.69) is 29.8 Å². The summed E-state index contributed by atoms with van der Waals surface area (Å²) in [5, 5.41) is 0. The summed E-state index contributed by atoms with van der Waals surface area (Å²) < 4.78 is 1.96. The molecule has 9 nitrogen and oxygen atoms in total. The Morgan fingerprint density at radius 1 is 0.903 bits per heavy atom. The summed E-state index contributed by atoms with van der Waals surface area (Å²) in [7, 11) is 0. The molecule has 0 spiro atoms. The average Bonchev–Trinajstić information content (AvgIpc) is 3.16. The minimum atomic E-state index is -0.0919. The highest BCUT2D eigenvalue weighted by Gasteiger charge is 2.24. The Bertz CT molecular complexity index is 1260. The molecule has 31 heavy (non-hydrogen) atoms. The van der Waals surface area contributed by atoms with Crippen molar-refractivity contribution in [1.29, 1.82) is 0 Å². The van der Waals surface area contributed by atoms with E-state index < -0.39 is 0 Å². The number of nitrogens with zero attached hydrogens (tertiary/aromatic N) is 8. The second-order valence-electron chi connectivity index (χ2n) is 7.54. The molecule has 1 aliphatic heterocycles. The highest BCUT2D eigenvalue weighted by Crippen LogP contribution is 2.19. The molecule has 3 aromatic heterocycles. The van der Waals surface area contributed by atoms with E-state index in [0.717, 1.165) is 34.1 Å². The monoisotopic (exact) mass is 414 g/mol. The van der Waals surface area contributed by atoms with Crippen LogP contribution in [0.5, 0.6) is 0 Å². The van der Waals surface area contributed by atoms with Gasteiger partial charge in [-0.2, -0.15) is 0 Å². The first kappa shape index (κ1) is 19.1.